The molecule has 0 fully saturated rings. The van der Waals surface area contributed by atoms with Crippen LogP contribution in [0, 0.1) is 0 Å². The first-order valence-corrected chi connectivity index (χ1v) is 17.9. The zero-order valence-corrected chi connectivity index (χ0v) is 28.3. The number of hydrogen-bond donors (Lipinski definition) is 0. The third-order valence-electron chi connectivity index (χ3n) is 11.9. The third-order valence-corrected chi connectivity index (χ3v) is 11.9. The summed E-state index contributed by atoms with van der Waals surface area (Å²) >= 11 is 0. The van der Waals surface area contributed by atoms with Crippen molar-refractivity contribution in [2.24, 2.45) is 0 Å². The van der Waals surface area contributed by atoms with Crippen LogP contribution in [0.2, 0.25) is 0 Å². The maximum atomic E-state index is 6.87. The fourth-order valence-corrected chi connectivity index (χ4v) is 9.79. The summed E-state index contributed by atoms with van der Waals surface area (Å²) in [6.45, 7) is 4.71. The highest BCUT2D eigenvalue weighted by atomic mass is 16.3. The fraction of sp³-hybridized carbons (Fsp3) is 0.0612. The summed E-state index contributed by atoms with van der Waals surface area (Å²) in [5, 5.41) is 7.53. The topological polar surface area (TPSA) is 18.1 Å². The van der Waals surface area contributed by atoms with E-state index < -0.39 is 0 Å². The number of benzene rings is 8. The normalized spacial score (nSPS) is 13.8. The minimum Gasteiger partial charge on any atom is -0.456 e. The Bertz CT molecular complexity index is 3120. The molecule has 0 unspecified atom stereocenters. The van der Waals surface area contributed by atoms with Crippen LogP contribution in [0.25, 0.3) is 105 Å². The second kappa shape index (κ2) is 9.44. The van der Waals surface area contributed by atoms with Gasteiger partial charge in [-0.2, -0.15) is 0 Å². The van der Waals surface area contributed by atoms with Crippen molar-refractivity contribution in [3.05, 3.63) is 163 Å². The van der Waals surface area contributed by atoms with Gasteiger partial charge in [-0.25, -0.2) is 0 Å². The molecule has 2 aliphatic carbocycles. The predicted molar refractivity (Wildman–Crippen MR) is 213 cm³/mol. The lowest BCUT2D eigenvalue weighted by Gasteiger charge is -2.22. The molecule has 0 bridgehead atoms. The molecule has 2 aromatic heterocycles. The van der Waals surface area contributed by atoms with Gasteiger partial charge < -0.3 is 8.98 Å². The molecule has 0 saturated carbocycles. The van der Waals surface area contributed by atoms with Gasteiger partial charge in [0.05, 0.1) is 11.0 Å². The van der Waals surface area contributed by atoms with E-state index in [9.17, 15) is 0 Å². The van der Waals surface area contributed by atoms with Gasteiger partial charge in [0.15, 0.2) is 0 Å². The summed E-state index contributed by atoms with van der Waals surface area (Å²) in [6.07, 6.45) is 0. The number of para-hydroxylation sites is 2. The van der Waals surface area contributed by atoms with Crippen LogP contribution in [-0.4, -0.2) is 4.57 Å². The molecule has 0 amide bonds. The molecule has 2 heteroatoms. The summed E-state index contributed by atoms with van der Waals surface area (Å²) in [5.74, 6) is 0. The van der Waals surface area contributed by atoms with Crippen molar-refractivity contribution in [3.8, 4) is 50.2 Å². The highest BCUT2D eigenvalue weighted by Crippen LogP contribution is 2.58. The van der Waals surface area contributed by atoms with Crippen molar-refractivity contribution in [1.82, 2.24) is 4.57 Å². The lowest BCUT2D eigenvalue weighted by atomic mass is 9.81. The first-order valence-electron chi connectivity index (χ1n) is 17.9. The van der Waals surface area contributed by atoms with Crippen molar-refractivity contribution in [2.75, 3.05) is 0 Å². The lowest BCUT2D eigenvalue weighted by molar-refractivity contribution is 0.620. The van der Waals surface area contributed by atoms with Gasteiger partial charge in [-0.1, -0.05) is 141 Å². The lowest BCUT2D eigenvalue weighted by Crippen LogP contribution is -2.15. The number of aromatic nitrogens is 1. The number of nitrogens with zero attached hydrogens (tertiary/aromatic N) is 1. The predicted octanol–water partition coefficient (Wildman–Crippen LogP) is 13.5. The molecule has 0 N–H and O–H groups in total. The molecule has 2 nitrogen and oxygen atoms in total. The van der Waals surface area contributed by atoms with Crippen molar-refractivity contribution < 1.29 is 4.42 Å². The summed E-state index contributed by atoms with van der Waals surface area (Å²) < 4.78 is 9.38. The maximum Gasteiger partial charge on any atom is 0.140 e. The molecule has 0 spiro atoms. The van der Waals surface area contributed by atoms with Gasteiger partial charge in [0.25, 0.3) is 0 Å². The molecular formula is C49H31NO. The van der Waals surface area contributed by atoms with Crippen LogP contribution in [0.5, 0.6) is 0 Å². The van der Waals surface area contributed by atoms with Crippen molar-refractivity contribution in [3.63, 3.8) is 0 Å². The highest BCUT2D eigenvalue weighted by Gasteiger charge is 2.41. The molecule has 238 valence electrons. The van der Waals surface area contributed by atoms with Gasteiger partial charge in [-0.15, -0.1) is 0 Å². The maximum absolute atomic E-state index is 6.87. The average Bonchev–Trinajstić information content (AvgIpc) is 3.89. The second-order valence-electron chi connectivity index (χ2n) is 14.8. The number of rotatable bonds is 2. The highest BCUT2D eigenvalue weighted by molar-refractivity contribution is 6.32. The monoisotopic (exact) mass is 649 g/mol. The molecule has 10 aromatic rings. The standard InChI is InChI=1S/C49H31NO/c1-49(2)39-19-8-5-14-36(39)45-46(49)48-44(38-16-7-10-21-41(38)51-48)43-37-15-6-9-20-40(37)50(47(43)45)29-24-22-28(23-25-29)30-26-27-35-32-13-4-3-12-31(32)34-18-11-17-33(30)42(34)35/h3-27H,1-2H3. The second-order valence-corrected chi connectivity index (χ2v) is 14.8. The molecule has 8 aromatic carbocycles. The van der Waals surface area contributed by atoms with E-state index in [1.54, 1.807) is 0 Å². The van der Waals surface area contributed by atoms with Crippen molar-refractivity contribution >= 4 is 54.5 Å². The van der Waals surface area contributed by atoms with Gasteiger partial charge >= 0.3 is 0 Å². The van der Waals surface area contributed by atoms with E-state index in [2.05, 4.69) is 170 Å². The Kier molecular flexibility index (Phi) is 5.08. The van der Waals surface area contributed by atoms with E-state index in [0.29, 0.717) is 0 Å². The van der Waals surface area contributed by atoms with E-state index in [1.807, 2.05) is 0 Å². The van der Waals surface area contributed by atoms with E-state index in [-0.39, 0.29) is 5.41 Å². The molecule has 2 heterocycles. The van der Waals surface area contributed by atoms with Gasteiger partial charge in [0, 0.05) is 43.8 Å². The number of fused-ring (bicyclic) bond motifs is 15. The Labute approximate surface area is 294 Å². The summed E-state index contributed by atoms with van der Waals surface area (Å²) in [6, 6.07) is 55.8. The van der Waals surface area contributed by atoms with Gasteiger partial charge in [-0.05, 0) is 79.5 Å². The van der Waals surface area contributed by atoms with E-state index in [0.717, 1.165) is 16.9 Å². The van der Waals surface area contributed by atoms with Crippen LogP contribution in [0.1, 0.15) is 25.0 Å². The van der Waals surface area contributed by atoms with Gasteiger partial charge in [-0.3, -0.25) is 0 Å². The Morgan fingerprint density at radius 3 is 1.92 bits per heavy atom. The molecule has 0 saturated heterocycles. The first-order chi connectivity index (χ1) is 25.1. The molecule has 0 atom stereocenters. The number of furan rings is 1. The fourth-order valence-electron chi connectivity index (χ4n) is 9.79. The van der Waals surface area contributed by atoms with E-state index in [1.165, 1.54) is 99.0 Å². The first kappa shape index (κ1) is 27.4. The molecular weight excluding hydrogens is 619 g/mol. The Morgan fingerprint density at radius 1 is 0.471 bits per heavy atom. The van der Waals surface area contributed by atoms with Crippen LogP contribution in [0.15, 0.2) is 156 Å². The zero-order chi connectivity index (χ0) is 33.6. The summed E-state index contributed by atoms with van der Waals surface area (Å²) in [4.78, 5) is 0. The SMILES string of the molecule is CC1(C)c2ccccc2-c2c1c1oc3ccccc3c1c1c3ccccc3n(-c3ccc(-c4ccc5c6c(cccc46)-c4ccccc4-5)cc3)c21. The van der Waals surface area contributed by atoms with Crippen molar-refractivity contribution in [2.45, 2.75) is 19.3 Å². The largest absolute Gasteiger partial charge is 0.456 e. The van der Waals surface area contributed by atoms with Crippen LogP contribution in [0.4, 0.5) is 0 Å². The molecule has 12 rings (SSSR count). The van der Waals surface area contributed by atoms with E-state index in [4.69, 9.17) is 4.42 Å². The summed E-state index contributed by atoms with van der Waals surface area (Å²) in [7, 11) is 0. The van der Waals surface area contributed by atoms with E-state index >= 15 is 0 Å². The Hall–Kier alpha value is -6.38. The molecule has 2 aliphatic rings. The molecule has 0 aliphatic heterocycles. The Morgan fingerprint density at radius 2 is 1.10 bits per heavy atom. The third kappa shape index (κ3) is 3.33. The number of hydrogen-bond acceptors (Lipinski definition) is 1. The molecule has 0 radical (unpaired) electrons. The van der Waals surface area contributed by atoms with Crippen LogP contribution in [-0.2, 0) is 5.41 Å². The van der Waals surface area contributed by atoms with Gasteiger partial charge in [0.2, 0.25) is 0 Å². The minimum absolute atomic E-state index is 0.229. The quantitative estimate of drug-likeness (QED) is 0.182. The summed E-state index contributed by atoms with van der Waals surface area (Å²) in [5.41, 5.74) is 18.3. The average molecular weight is 650 g/mol. The van der Waals surface area contributed by atoms with Crippen LogP contribution >= 0.6 is 0 Å². The smallest absolute Gasteiger partial charge is 0.140 e. The van der Waals surface area contributed by atoms with Gasteiger partial charge in [0.1, 0.15) is 11.2 Å². The minimum atomic E-state index is -0.229. The van der Waals surface area contributed by atoms with Crippen LogP contribution in [0.3, 0.4) is 0 Å². The van der Waals surface area contributed by atoms with Crippen LogP contribution < -0.4 is 0 Å². The Balaban J connectivity index is 1.16. The molecule has 51 heavy (non-hydrogen) atoms. The van der Waals surface area contributed by atoms with Crippen molar-refractivity contribution in [1.29, 1.82) is 0 Å². The zero-order valence-electron chi connectivity index (χ0n) is 28.3.